The normalized spacial score (nSPS) is 10.3. The molecule has 0 spiro atoms. The van der Waals surface area contributed by atoms with Gasteiger partial charge in [0, 0.05) is 0 Å². The summed E-state index contributed by atoms with van der Waals surface area (Å²) >= 11 is 0. The van der Waals surface area contributed by atoms with Crippen LogP contribution in [0.1, 0.15) is 5.56 Å². The zero-order valence-corrected chi connectivity index (χ0v) is 14.3. The van der Waals surface area contributed by atoms with E-state index in [4.69, 9.17) is 5.26 Å². The van der Waals surface area contributed by atoms with Crippen LogP contribution in [0.15, 0.2) is 103 Å². The highest BCUT2D eigenvalue weighted by atomic mass is 14.2. The second-order valence-electron chi connectivity index (χ2n) is 6.21. The van der Waals surface area contributed by atoms with Gasteiger partial charge in [-0.1, -0.05) is 84.9 Å². The molecular weight excluding hydrogens is 314 g/mol. The molecule has 4 aromatic carbocycles. The molecule has 26 heavy (non-hydrogen) atoms. The van der Waals surface area contributed by atoms with Crippen molar-refractivity contribution < 1.29 is 0 Å². The van der Waals surface area contributed by atoms with Gasteiger partial charge in [-0.25, -0.2) is 0 Å². The molecule has 122 valence electrons. The quantitative estimate of drug-likeness (QED) is 0.417. The molecular formula is C25H17N. The summed E-state index contributed by atoms with van der Waals surface area (Å²) in [6.07, 6.45) is 0. The van der Waals surface area contributed by atoms with Crippen LogP contribution in [0.25, 0.3) is 33.4 Å². The highest BCUT2D eigenvalue weighted by Crippen LogP contribution is 2.28. The zero-order valence-electron chi connectivity index (χ0n) is 14.3. The summed E-state index contributed by atoms with van der Waals surface area (Å²) in [6.45, 7) is 0. The Morgan fingerprint density at radius 2 is 0.846 bits per heavy atom. The number of nitriles is 1. The van der Waals surface area contributed by atoms with Crippen LogP contribution in [0.3, 0.4) is 0 Å². The van der Waals surface area contributed by atoms with Crippen LogP contribution in [0, 0.1) is 11.3 Å². The monoisotopic (exact) mass is 331 g/mol. The molecule has 1 nitrogen and oxygen atoms in total. The van der Waals surface area contributed by atoms with Gasteiger partial charge in [0.25, 0.3) is 0 Å². The first-order valence-corrected chi connectivity index (χ1v) is 8.60. The minimum atomic E-state index is 0.683. The van der Waals surface area contributed by atoms with Crippen molar-refractivity contribution in [3.05, 3.63) is 109 Å². The molecule has 0 N–H and O–H groups in total. The van der Waals surface area contributed by atoms with Crippen LogP contribution in [-0.2, 0) is 0 Å². The third-order valence-electron chi connectivity index (χ3n) is 4.54. The maximum Gasteiger partial charge on any atom is 0.0991 e. The molecule has 4 aromatic rings. The van der Waals surface area contributed by atoms with Gasteiger partial charge in [0.1, 0.15) is 0 Å². The highest BCUT2D eigenvalue weighted by molar-refractivity contribution is 5.75. The van der Waals surface area contributed by atoms with Crippen molar-refractivity contribution in [1.82, 2.24) is 0 Å². The molecule has 0 aliphatic rings. The number of hydrogen-bond donors (Lipinski definition) is 0. The Labute approximate surface area is 153 Å². The molecule has 0 heterocycles. The molecule has 0 atom stereocenters. The molecule has 0 aromatic heterocycles. The van der Waals surface area contributed by atoms with E-state index in [2.05, 4.69) is 78.9 Å². The van der Waals surface area contributed by atoms with Crippen LogP contribution in [-0.4, -0.2) is 0 Å². The first kappa shape index (κ1) is 15.9. The van der Waals surface area contributed by atoms with E-state index in [1.807, 2.05) is 30.3 Å². The number of benzene rings is 4. The third kappa shape index (κ3) is 3.27. The number of hydrogen-bond acceptors (Lipinski definition) is 1. The van der Waals surface area contributed by atoms with E-state index in [-0.39, 0.29) is 0 Å². The van der Waals surface area contributed by atoms with Gasteiger partial charge in [0.15, 0.2) is 0 Å². The van der Waals surface area contributed by atoms with Gasteiger partial charge in [0.05, 0.1) is 11.6 Å². The first-order chi connectivity index (χ1) is 12.8. The Bertz CT molecular complexity index is 1050. The van der Waals surface area contributed by atoms with E-state index >= 15 is 0 Å². The molecule has 0 unspecified atom stereocenters. The smallest absolute Gasteiger partial charge is 0.0991 e. The summed E-state index contributed by atoms with van der Waals surface area (Å²) in [4.78, 5) is 0. The molecule has 4 rings (SSSR count). The average molecular weight is 331 g/mol. The summed E-state index contributed by atoms with van der Waals surface area (Å²) in [5, 5.41) is 8.92. The topological polar surface area (TPSA) is 23.8 Å². The van der Waals surface area contributed by atoms with Crippen LogP contribution >= 0.6 is 0 Å². The van der Waals surface area contributed by atoms with E-state index < -0.39 is 0 Å². The highest BCUT2D eigenvalue weighted by Gasteiger charge is 2.03. The predicted molar refractivity (Wildman–Crippen MR) is 107 cm³/mol. The largest absolute Gasteiger partial charge is 0.192 e. The summed E-state index contributed by atoms with van der Waals surface area (Å²) in [5.41, 5.74) is 7.80. The Balaban J connectivity index is 1.64. The fourth-order valence-electron chi connectivity index (χ4n) is 3.10. The number of nitrogens with zero attached hydrogens (tertiary/aromatic N) is 1. The van der Waals surface area contributed by atoms with Crippen LogP contribution in [0.4, 0.5) is 0 Å². The van der Waals surface area contributed by atoms with Gasteiger partial charge in [0.2, 0.25) is 0 Å². The van der Waals surface area contributed by atoms with E-state index in [9.17, 15) is 0 Å². The van der Waals surface area contributed by atoms with Gasteiger partial charge in [-0.15, -0.1) is 0 Å². The second-order valence-corrected chi connectivity index (χ2v) is 6.21. The Kier molecular flexibility index (Phi) is 4.33. The Morgan fingerprint density at radius 1 is 0.423 bits per heavy atom. The summed E-state index contributed by atoms with van der Waals surface area (Å²) in [5.74, 6) is 0. The lowest BCUT2D eigenvalue weighted by Gasteiger charge is -2.08. The standard InChI is InChI=1S/C25H17N/c26-18-19-9-11-21(12-10-19)22-13-15-23(16-14-22)25-8-4-7-24(17-25)20-5-2-1-3-6-20/h1-17H. The van der Waals surface area contributed by atoms with Crippen molar-refractivity contribution >= 4 is 0 Å². The van der Waals surface area contributed by atoms with Crippen molar-refractivity contribution in [2.45, 2.75) is 0 Å². The van der Waals surface area contributed by atoms with Crippen LogP contribution in [0.5, 0.6) is 0 Å². The zero-order chi connectivity index (χ0) is 17.8. The first-order valence-electron chi connectivity index (χ1n) is 8.60. The summed E-state index contributed by atoms with van der Waals surface area (Å²) in [7, 11) is 0. The van der Waals surface area contributed by atoms with Gasteiger partial charge in [-0.05, 0) is 51.6 Å². The van der Waals surface area contributed by atoms with Crippen molar-refractivity contribution in [3.8, 4) is 39.4 Å². The van der Waals surface area contributed by atoms with Gasteiger partial charge >= 0.3 is 0 Å². The lowest BCUT2D eigenvalue weighted by Crippen LogP contribution is -1.83. The Hall–Kier alpha value is -3.63. The minimum Gasteiger partial charge on any atom is -0.192 e. The third-order valence-corrected chi connectivity index (χ3v) is 4.54. The minimum absolute atomic E-state index is 0.683. The molecule has 0 radical (unpaired) electrons. The lowest BCUT2D eigenvalue weighted by atomic mass is 9.97. The number of rotatable bonds is 3. The maximum atomic E-state index is 8.92. The fraction of sp³-hybridized carbons (Fsp3) is 0. The van der Waals surface area contributed by atoms with Gasteiger partial charge in [-0.3, -0.25) is 0 Å². The Morgan fingerprint density at radius 3 is 1.38 bits per heavy atom. The molecule has 0 amide bonds. The molecule has 0 bridgehead atoms. The summed E-state index contributed by atoms with van der Waals surface area (Å²) in [6, 6.07) is 37.4. The SMILES string of the molecule is N#Cc1ccc(-c2ccc(-c3cccc(-c4ccccc4)c3)cc2)cc1. The molecule has 0 saturated heterocycles. The van der Waals surface area contributed by atoms with Crippen molar-refractivity contribution in [1.29, 1.82) is 5.26 Å². The van der Waals surface area contributed by atoms with Gasteiger partial charge < -0.3 is 0 Å². The summed E-state index contributed by atoms with van der Waals surface area (Å²) < 4.78 is 0. The van der Waals surface area contributed by atoms with Crippen molar-refractivity contribution in [2.75, 3.05) is 0 Å². The van der Waals surface area contributed by atoms with Crippen LogP contribution in [0.2, 0.25) is 0 Å². The molecule has 0 aliphatic carbocycles. The van der Waals surface area contributed by atoms with Crippen molar-refractivity contribution in [2.24, 2.45) is 0 Å². The molecule has 0 saturated carbocycles. The maximum absolute atomic E-state index is 8.92. The van der Waals surface area contributed by atoms with Crippen LogP contribution < -0.4 is 0 Å². The predicted octanol–water partition coefficient (Wildman–Crippen LogP) is 6.56. The molecule has 0 aliphatic heterocycles. The molecule has 0 fully saturated rings. The molecule has 1 heteroatoms. The van der Waals surface area contributed by atoms with E-state index in [0.29, 0.717) is 5.56 Å². The second kappa shape index (κ2) is 7.09. The van der Waals surface area contributed by atoms with Gasteiger partial charge in [-0.2, -0.15) is 5.26 Å². The lowest BCUT2D eigenvalue weighted by molar-refractivity contribution is 1.48. The van der Waals surface area contributed by atoms with E-state index in [1.165, 1.54) is 22.3 Å². The fourth-order valence-corrected chi connectivity index (χ4v) is 3.10. The van der Waals surface area contributed by atoms with E-state index in [1.54, 1.807) is 0 Å². The average Bonchev–Trinajstić information content (AvgIpc) is 2.75. The van der Waals surface area contributed by atoms with E-state index in [0.717, 1.165) is 11.1 Å². The van der Waals surface area contributed by atoms with Crippen molar-refractivity contribution in [3.63, 3.8) is 0 Å².